The minimum Gasteiger partial charge on any atom is -0.118 e. The second-order valence-electron chi connectivity index (χ2n) is 5.97. The Balaban J connectivity index is 2.00. The molecule has 4 unspecified atom stereocenters. The van der Waals surface area contributed by atoms with Crippen LogP contribution in [0.4, 0.5) is 0 Å². The standard InChI is InChI=1S/C15H25Cl/c1-11-7-8-14(9-12(11)2)13-5-3-4-6-15(16)10-13/h10-12,14-15H,3-9H2,1-2H3. The van der Waals surface area contributed by atoms with Crippen molar-refractivity contribution in [3.8, 4) is 0 Å². The summed E-state index contributed by atoms with van der Waals surface area (Å²) in [4.78, 5) is 0. The molecule has 0 spiro atoms. The molecule has 0 N–H and O–H groups in total. The summed E-state index contributed by atoms with van der Waals surface area (Å²) in [6.45, 7) is 4.83. The van der Waals surface area contributed by atoms with E-state index in [4.69, 9.17) is 11.6 Å². The highest BCUT2D eigenvalue weighted by molar-refractivity contribution is 6.21. The number of halogens is 1. The summed E-state index contributed by atoms with van der Waals surface area (Å²) >= 11 is 6.32. The van der Waals surface area contributed by atoms with Gasteiger partial charge in [0.15, 0.2) is 0 Å². The van der Waals surface area contributed by atoms with Crippen LogP contribution >= 0.6 is 11.6 Å². The first kappa shape index (κ1) is 12.5. The first-order valence-electron chi connectivity index (χ1n) is 7.01. The van der Waals surface area contributed by atoms with Gasteiger partial charge in [-0.25, -0.2) is 0 Å². The molecular formula is C15H25Cl. The Morgan fingerprint density at radius 1 is 1.06 bits per heavy atom. The summed E-state index contributed by atoms with van der Waals surface area (Å²) in [5, 5.41) is 0.312. The minimum absolute atomic E-state index is 0.312. The largest absolute Gasteiger partial charge is 0.118 e. The van der Waals surface area contributed by atoms with Crippen molar-refractivity contribution in [2.75, 3.05) is 0 Å². The van der Waals surface area contributed by atoms with Crippen molar-refractivity contribution in [3.63, 3.8) is 0 Å². The fourth-order valence-electron chi connectivity index (χ4n) is 3.29. The van der Waals surface area contributed by atoms with Gasteiger partial charge in [0.1, 0.15) is 0 Å². The van der Waals surface area contributed by atoms with Crippen molar-refractivity contribution in [3.05, 3.63) is 11.6 Å². The predicted molar refractivity (Wildman–Crippen MR) is 71.9 cm³/mol. The molecule has 0 nitrogen and oxygen atoms in total. The van der Waals surface area contributed by atoms with Crippen LogP contribution in [0.2, 0.25) is 0 Å². The highest BCUT2D eigenvalue weighted by Gasteiger charge is 2.27. The lowest BCUT2D eigenvalue weighted by Gasteiger charge is -2.33. The predicted octanol–water partition coefficient (Wildman–Crippen LogP) is 5.17. The number of rotatable bonds is 1. The average molecular weight is 241 g/mol. The van der Waals surface area contributed by atoms with E-state index < -0.39 is 0 Å². The van der Waals surface area contributed by atoms with Gasteiger partial charge in [-0.05, 0) is 56.3 Å². The van der Waals surface area contributed by atoms with E-state index in [0.29, 0.717) is 5.38 Å². The van der Waals surface area contributed by atoms with E-state index >= 15 is 0 Å². The summed E-state index contributed by atoms with van der Waals surface area (Å²) in [7, 11) is 0. The Hall–Kier alpha value is 0.0300. The molecule has 0 aromatic heterocycles. The van der Waals surface area contributed by atoms with E-state index in [-0.39, 0.29) is 0 Å². The first-order chi connectivity index (χ1) is 7.66. The molecule has 2 aliphatic carbocycles. The third-order valence-corrected chi connectivity index (χ3v) is 5.06. The van der Waals surface area contributed by atoms with E-state index in [1.165, 1.54) is 44.9 Å². The van der Waals surface area contributed by atoms with Crippen molar-refractivity contribution >= 4 is 11.6 Å². The van der Waals surface area contributed by atoms with Crippen LogP contribution in [0, 0.1) is 17.8 Å². The van der Waals surface area contributed by atoms with Crippen LogP contribution in [0.3, 0.4) is 0 Å². The van der Waals surface area contributed by atoms with Crippen LogP contribution in [0.5, 0.6) is 0 Å². The number of hydrogen-bond donors (Lipinski definition) is 0. The molecule has 4 atom stereocenters. The maximum absolute atomic E-state index is 6.32. The van der Waals surface area contributed by atoms with Crippen LogP contribution in [0.25, 0.3) is 0 Å². The lowest BCUT2D eigenvalue weighted by atomic mass is 9.72. The Morgan fingerprint density at radius 3 is 2.62 bits per heavy atom. The van der Waals surface area contributed by atoms with Crippen LogP contribution in [0.1, 0.15) is 58.8 Å². The fourth-order valence-corrected chi connectivity index (χ4v) is 3.61. The zero-order valence-corrected chi connectivity index (χ0v) is 11.5. The summed E-state index contributed by atoms with van der Waals surface area (Å²) in [6, 6.07) is 0. The van der Waals surface area contributed by atoms with Gasteiger partial charge in [0.2, 0.25) is 0 Å². The average Bonchev–Trinajstić information content (AvgIpc) is 2.47. The van der Waals surface area contributed by atoms with Crippen LogP contribution in [0.15, 0.2) is 11.6 Å². The van der Waals surface area contributed by atoms with Gasteiger partial charge in [-0.15, -0.1) is 11.6 Å². The van der Waals surface area contributed by atoms with Gasteiger partial charge < -0.3 is 0 Å². The molecule has 0 radical (unpaired) electrons. The third-order valence-electron chi connectivity index (χ3n) is 4.71. The van der Waals surface area contributed by atoms with E-state index in [0.717, 1.165) is 17.8 Å². The van der Waals surface area contributed by atoms with Crippen molar-refractivity contribution in [1.82, 2.24) is 0 Å². The lowest BCUT2D eigenvalue weighted by molar-refractivity contribution is 0.227. The second kappa shape index (κ2) is 5.58. The molecule has 2 rings (SSSR count). The molecule has 0 saturated heterocycles. The van der Waals surface area contributed by atoms with Crippen molar-refractivity contribution in [2.45, 2.75) is 64.2 Å². The van der Waals surface area contributed by atoms with Gasteiger partial charge >= 0.3 is 0 Å². The molecule has 0 bridgehead atoms. The Labute approximate surface area is 105 Å². The van der Waals surface area contributed by atoms with Crippen molar-refractivity contribution in [1.29, 1.82) is 0 Å². The molecule has 0 aliphatic heterocycles. The second-order valence-corrected chi connectivity index (χ2v) is 6.53. The van der Waals surface area contributed by atoms with Crippen LogP contribution in [-0.2, 0) is 0 Å². The summed E-state index contributed by atoms with van der Waals surface area (Å²) in [5.74, 6) is 2.68. The van der Waals surface area contributed by atoms with Gasteiger partial charge in [0, 0.05) is 0 Å². The van der Waals surface area contributed by atoms with E-state index in [1.807, 2.05) is 0 Å². The van der Waals surface area contributed by atoms with Crippen LogP contribution in [-0.4, -0.2) is 5.38 Å². The number of allylic oxidation sites excluding steroid dienone is 2. The number of hydrogen-bond acceptors (Lipinski definition) is 0. The van der Waals surface area contributed by atoms with E-state index in [9.17, 15) is 0 Å². The molecular weight excluding hydrogens is 216 g/mol. The van der Waals surface area contributed by atoms with Gasteiger partial charge in [0.05, 0.1) is 5.38 Å². The maximum Gasteiger partial charge on any atom is 0.0518 e. The Kier molecular flexibility index (Phi) is 4.35. The van der Waals surface area contributed by atoms with Crippen molar-refractivity contribution < 1.29 is 0 Å². The Bertz CT molecular complexity index is 256. The van der Waals surface area contributed by atoms with Crippen molar-refractivity contribution in [2.24, 2.45) is 17.8 Å². The maximum atomic E-state index is 6.32. The summed E-state index contributed by atoms with van der Waals surface area (Å²) in [5.41, 5.74) is 1.69. The zero-order valence-electron chi connectivity index (χ0n) is 10.7. The van der Waals surface area contributed by atoms with Gasteiger partial charge in [-0.1, -0.05) is 31.9 Å². The number of alkyl halides is 1. The third kappa shape index (κ3) is 3.03. The normalized spacial score (nSPS) is 41.3. The van der Waals surface area contributed by atoms with Gasteiger partial charge in [-0.2, -0.15) is 0 Å². The topological polar surface area (TPSA) is 0 Å². The summed E-state index contributed by atoms with van der Waals surface area (Å²) < 4.78 is 0. The smallest absolute Gasteiger partial charge is 0.0518 e. The first-order valence-corrected chi connectivity index (χ1v) is 7.45. The minimum atomic E-state index is 0.312. The molecule has 2 aliphatic rings. The fraction of sp³-hybridized carbons (Fsp3) is 0.867. The SMILES string of the molecule is CC1CCC(C2=CC(Cl)CCCC2)CC1C. The molecule has 1 saturated carbocycles. The quantitative estimate of drug-likeness (QED) is 0.438. The van der Waals surface area contributed by atoms with Gasteiger partial charge in [-0.3, -0.25) is 0 Å². The van der Waals surface area contributed by atoms with Gasteiger partial charge in [0.25, 0.3) is 0 Å². The Morgan fingerprint density at radius 2 is 1.88 bits per heavy atom. The zero-order chi connectivity index (χ0) is 11.5. The molecule has 0 aromatic carbocycles. The highest BCUT2D eigenvalue weighted by Crippen LogP contribution is 2.39. The molecule has 1 heteroatoms. The molecule has 1 fully saturated rings. The van der Waals surface area contributed by atoms with Crippen LogP contribution < -0.4 is 0 Å². The monoisotopic (exact) mass is 240 g/mol. The molecule has 0 amide bonds. The molecule has 92 valence electrons. The molecule has 16 heavy (non-hydrogen) atoms. The molecule has 0 aromatic rings. The van der Waals surface area contributed by atoms with E-state index in [1.54, 1.807) is 5.57 Å². The lowest BCUT2D eigenvalue weighted by Crippen LogP contribution is -2.22. The summed E-state index contributed by atoms with van der Waals surface area (Å²) in [6.07, 6.45) is 11.8. The highest BCUT2D eigenvalue weighted by atomic mass is 35.5. The molecule has 0 heterocycles. The van der Waals surface area contributed by atoms with E-state index in [2.05, 4.69) is 19.9 Å².